The van der Waals surface area contributed by atoms with Gasteiger partial charge in [0.05, 0.1) is 15.4 Å². The van der Waals surface area contributed by atoms with E-state index in [0.717, 1.165) is 4.68 Å². The summed E-state index contributed by atoms with van der Waals surface area (Å²) in [4.78, 5) is 12.6. The summed E-state index contributed by atoms with van der Waals surface area (Å²) >= 11 is 3.21. The molecule has 4 N–H and O–H groups in total. The smallest absolute Gasteiger partial charge is 0.362 e. The fourth-order valence-corrected chi connectivity index (χ4v) is 4.63. The normalized spacial score (nSPS) is 18.3. The predicted molar refractivity (Wildman–Crippen MR) is 118 cm³/mol. The van der Waals surface area contributed by atoms with Gasteiger partial charge in [0, 0.05) is 12.1 Å². The lowest BCUT2D eigenvalue weighted by molar-refractivity contribution is -0.173. The van der Waals surface area contributed by atoms with Crippen molar-refractivity contribution in [3.63, 3.8) is 0 Å². The summed E-state index contributed by atoms with van der Waals surface area (Å²) in [5.74, 6) is -0.738. The number of fused-ring (bicyclic) bond motifs is 1. The molecular weight excluding hydrogens is 527 g/mol. The number of hydrogen-bond donors (Lipinski definition) is 3. The number of carbonyl (C=O) groups is 1. The SMILES string of the molecule is NS(=O)(=O)c1ccc(NC(=O)c2nn3c(c2Br)NC(c2ccccc2)CC3C(F)(F)F)cc1. The number of primary sulfonamides is 1. The first-order valence-corrected chi connectivity index (χ1v) is 11.9. The van der Waals surface area contributed by atoms with E-state index in [1.165, 1.54) is 24.3 Å². The second-order valence-corrected chi connectivity index (χ2v) is 9.73. The molecule has 13 heteroatoms. The Morgan fingerprint density at radius 1 is 1.15 bits per heavy atom. The summed E-state index contributed by atoms with van der Waals surface area (Å²) in [5, 5.41) is 14.5. The van der Waals surface area contributed by atoms with Gasteiger partial charge in [0.25, 0.3) is 5.91 Å². The maximum atomic E-state index is 13.9. The van der Waals surface area contributed by atoms with Crippen molar-refractivity contribution in [3.05, 3.63) is 70.3 Å². The lowest BCUT2D eigenvalue weighted by Gasteiger charge is -2.33. The molecule has 33 heavy (non-hydrogen) atoms. The van der Waals surface area contributed by atoms with Gasteiger partial charge in [-0.1, -0.05) is 30.3 Å². The lowest BCUT2D eigenvalue weighted by atomic mass is 9.97. The molecule has 2 unspecified atom stereocenters. The number of benzene rings is 2. The first-order valence-electron chi connectivity index (χ1n) is 9.55. The Hall–Kier alpha value is -2.90. The molecule has 1 aliphatic rings. The zero-order chi connectivity index (χ0) is 24.0. The number of hydrogen-bond acceptors (Lipinski definition) is 5. The highest BCUT2D eigenvalue weighted by atomic mass is 79.9. The van der Waals surface area contributed by atoms with E-state index >= 15 is 0 Å². The molecule has 174 valence electrons. The minimum absolute atomic E-state index is 0.0344. The van der Waals surface area contributed by atoms with E-state index in [-0.39, 0.29) is 33.0 Å². The third kappa shape index (κ3) is 4.75. The molecule has 1 amide bonds. The molecule has 8 nitrogen and oxygen atoms in total. The van der Waals surface area contributed by atoms with Gasteiger partial charge >= 0.3 is 6.18 Å². The molecule has 2 atom stereocenters. The average molecular weight is 544 g/mol. The highest BCUT2D eigenvalue weighted by Crippen LogP contribution is 2.46. The first kappa shape index (κ1) is 23.3. The van der Waals surface area contributed by atoms with Crippen LogP contribution in [0.15, 0.2) is 64.0 Å². The molecule has 0 saturated heterocycles. The third-order valence-corrected chi connectivity index (χ3v) is 6.83. The molecule has 2 heterocycles. The molecule has 0 spiro atoms. The topological polar surface area (TPSA) is 119 Å². The van der Waals surface area contributed by atoms with Gasteiger partial charge in [0.2, 0.25) is 10.0 Å². The van der Waals surface area contributed by atoms with Crippen molar-refractivity contribution < 1.29 is 26.4 Å². The van der Waals surface area contributed by atoms with Crippen molar-refractivity contribution in [3.8, 4) is 0 Å². The number of halogens is 4. The highest BCUT2D eigenvalue weighted by molar-refractivity contribution is 9.10. The Bertz CT molecular complexity index is 1290. The van der Waals surface area contributed by atoms with Gasteiger partial charge in [-0.15, -0.1) is 0 Å². The van der Waals surface area contributed by atoms with Crippen LogP contribution < -0.4 is 15.8 Å². The average Bonchev–Trinajstić information content (AvgIpc) is 3.09. The summed E-state index contributed by atoms with van der Waals surface area (Å²) in [6.45, 7) is 0. The molecule has 0 saturated carbocycles. The summed E-state index contributed by atoms with van der Waals surface area (Å²) in [5.41, 5.74) is 0.635. The maximum absolute atomic E-state index is 13.9. The quantitative estimate of drug-likeness (QED) is 0.455. The van der Waals surface area contributed by atoms with Crippen LogP contribution in [0.5, 0.6) is 0 Å². The van der Waals surface area contributed by atoms with Crippen molar-refractivity contribution in [2.75, 3.05) is 10.6 Å². The number of nitrogens with zero attached hydrogens (tertiary/aromatic N) is 2. The fraction of sp³-hybridized carbons (Fsp3) is 0.200. The number of alkyl halides is 3. The van der Waals surface area contributed by atoms with Crippen LogP contribution in [0.1, 0.15) is 34.6 Å². The van der Waals surface area contributed by atoms with E-state index in [1.54, 1.807) is 30.3 Å². The Balaban J connectivity index is 1.65. The van der Waals surface area contributed by atoms with Gasteiger partial charge < -0.3 is 10.6 Å². The number of nitrogens with two attached hydrogens (primary N) is 1. The van der Waals surface area contributed by atoms with Gasteiger partial charge in [0.15, 0.2) is 11.7 Å². The lowest BCUT2D eigenvalue weighted by Crippen LogP contribution is -2.35. The molecule has 0 fully saturated rings. The van der Waals surface area contributed by atoms with Crippen LogP contribution in [0.4, 0.5) is 24.7 Å². The van der Waals surface area contributed by atoms with Gasteiger partial charge in [-0.2, -0.15) is 18.3 Å². The molecule has 0 bridgehead atoms. The third-order valence-electron chi connectivity index (χ3n) is 5.15. The summed E-state index contributed by atoms with van der Waals surface area (Å²) in [6, 6.07) is 11.1. The Morgan fingerprint density at radius 2 is 1.79 bits per heavy atom. The van der Waals surface area contributed by atoms with Crippen LogP contribution in [0.2, 0.25) is 0 Å². The molecule has 1 aliphatic heterocycles. The van der Waals surface area contributed by atoms with Crippen LogP contribution in [-0.2, 0) is 10.0 Å². The Labute approximate surface area is 195 Å². The number of amides is 1. The van der Waals surface area contributed by atoms with Crippen molar-refractivity contribution in [2.24, 2.45) is 5.14 Å². The second-order valence-electron chi connectivity index (χ2n) is 7.38. The number of carbonyl (C=O) groups excluding carboxylic acids is 1. The summed E-state index contributed by atoms with van der Waals surface area (Å²) in [7, 11) is -3.91. The Morgan fingerprint density at radius 3 is 2.36 bits per heavy atom. The minimum atomic E-state index is -4.59. The van der Waals surface area contributed by atoms with Crippen molar-refractivity contribution in [1.29, 1.82) is 0 Å². The minimum Gasteiger partial charge on any atom is -0.362 e. The van der Waals surface area contributed by atoms with Crippen molar-refractivity contribution in [2.45, 2.75) is 29.6 Å². The highest BCUT2D eigenvalue weighted by Gasteiger charge is 2.47. The van der Waals surface area contributed by atoms with E-state index in [9.17, 15) is 26.4 Å². The van der Waals surface area contributed by atoms with Crippen LogP contribution in [0.3, 0.4) is 0 Å². The van der Waals surface area contributed by atoms with Gasteiger partial charge in [0.1, 0.15) is 5.82 Å². The molecule has 0 aliphatic carbocycles. The monoisotopic (exact) mass is 543 g/mol. The fourth-order valence-electron chi connectivity index (χ4n) is 3.56. The van der Waals surface area contributed by atoms with E-state index in [4.69, 9.17) is 5.14 Å². The van der Waals surface area contributed by atoms with Gasteiger partial charge in [-0.05, 0) is 45.8 Å². The van der Waals surface area contributed by atoms with E-state index < -0.39 is 34.2 Å². The van der Waals surface area contributed by atoms with Crippen molar-refractivity contribution in [1.82, 2.24) is 9.78 Å². The van der Waals surface area contributed by atoms with E-state index in [0.29, 0.717) is 5.56 Å². The maximum Gasteiger partial charge on any atom is 0.410 e. The van der Waals surface area contributed by atoms with Gasteiger partial charge in [-0.3, -0.25) is 4.79 Å². The molecule has 3 aromatic rings. The van der Waals surface area contributed by atoms with Crippen LogP contribution in [-0.4, -0.2) is 30.3 Å². The molecule has 0 radical (unpaired) electrons. The first-order chi connectivity index (χ1) is 15.4. The number of aromatic nitrogens is 2. The predicted octanol–water partition coefficient (Wildman–Crippen LogP) is 4.21. The zero-order valence-electron chi connectivity index (χ0n) is 16.7. The largest absolute Gasteiger partial charge is 0.410 e. The van der Waals surface area contributed by atoms with Gasteiger partial charge in [-0.25, -0.2) is 18.2 Å². The van der Waals surface area contributed by atoms with Crippen molar-refractivity contribution >= 4 is 43.4 Å². The number of anilines is 2. The number of nitrogens with one attached hydrogen (secondary N) is 2. The number of rotatable bonds is 4. The Kier molecular flexibility index (Phi) is 5.97. The van der Waals surface area contributed by atoms with Crippen LogP contribution in [0.25, 0.3) is 0 Å². The summed E-state index contributed by atoms with van der Waals surface area (Å²) < 4.78 is 65.2. The van der Waals surface area contributed by atoms with Crippen LogP contribution in [0, 0.1) is 0 Å². The second kappa shape index (κ2) is 8.47. The summed E-state index contributed by atoms with van der Waals surface area (Å²) in [6.07, 6.45) is -4.89. The molecule has 2 aromatic carbocycles. The number of sulfonamides is 1. The zero-order valence-corrected chi connectivity index (χ0v) is 19.1. The van der Waals surface area contributed by atoms with E-state index in [1.807, 2.05) is 0 Å². The standard InChI is InChI=1S/C20H17BrF3N5O3S/c21-16-17(19(30)26-12-6-8-13(9-7-12)33(25,31)32)28-29-15(20(22,23)24)10-14(27-18(16)29)11-4-2-1-3-5-11/h1-9,14-15,27H,10H2,(H,26,30)(H2,25,31,32). The molecule has 4 rings (SSSR count). The van der Waals surface area contributed by atoms with Crippen LogP contribution >= 0.6 is 15.9 Å². The molecular formula is C20H17BrF3N5O3S. The molecule has 1 aromatic heterocycles. The van der Waals surface area contributed by atoms with E-state index in [2.05, 4.69) is 31.7 Å².